The van der Waals surface area contributed by atoms with Crippen LogP contribution < -0.4 is 0 Å². The zero-order valence-electron chi connectivity index (χ0n) is 5.18. The molecule has 0 unspecified atom stereocenters. The second-order valence-electron chi connectivity index (χ2n) is 1.89. The summed E-state index contributed by atoms with van der Waals surface area (Å²) in [6.45, 7) is 0. The summed E-state index contributed by atoms with van der Waals surface area (Å²) in [6, 6.07) is 0. The van der Waals surface area contributed by atoms with E-state index in [9.17, 15) is 13.2 Å². The molecule has 0 bridgehead atoms. The van der Waals surface area contributed by atoms with Crippen molar-refractivity contribution in [2.24, 2.45) is 7.05 Å². The highest BCUT2D eigenvalue weighted by Crippen LogP contribution is 2.27. The topological polar surface area (TPSA) is 17.8 Å². The molecule has 0 saturated heterocycles. The van der Waals surface area contributed by atoms with Gasteiger partial charge in [-0.05, 0) is 0 Å². The van der Waals surface area contributed by atoms with Crippen LogP contribution in [0.1, 0.15) is 5.69 Å². The summed E-state index contributed by atoms with van der Waals surface area (Å²) < 4.78 is 36.4. The molecular formula is C5H5F3N2. The summed E-state index contributed by atoms with van der Waals surface area (Å²) in [7, 11) is 1.30. The van der Waals surface area contributed by atoms with Gasteiger partial charge in [0.1, 0.15) is 5.69 Å². The third-order valence-electron chi connectivity index (χ3n) is 1.11. The molecule has 1 heterocycles. The van der Waals surface area contributed by atoms with Gasteiger partial charge in [-0.25, -0.2) is 4.98 Å². The number of aryl methyl sites for hydroxylation is 1. The molecule has 0 spiro atoms. The third-order valence-corrected chi connectivity index (χ3v) is 1.11. The van der Waals surface area contributed by atoms with E-state index in [1.54, 1.807) is 0 Å². The molecule has 0 saturated carbocycles. The Balaban J connectivity index is 3.05. The van der Waals surface area contributed by atoms with Gasteiger partial charge in [0.25, 0.3) is 0 Å². The molecule has 0 aliphatic rings. The normalized spacial score (nSPS) is 12.0. The molecule has 1 aromatic rings. The minimum absolute atomic E-state index is 0.729. The van der Waals surface area contributed by atoms with Crippen LogP contribution in [0.2, 0.25) is 0 Å². The Morgan fingerprint density at radius 1 is 1.50 bits per heavy atom. The second kappa shape index (κ2) is 2.00. The van der Waals surface area contributed by atoms with E-state index in [4.69, 9.17) is 0 Å². The summed E-state index contributed by atoms with van der Waals surface area (Å²) in [5.41, 5.74) is -0.729. The first-order valence-electron chi connectivity index (χ1n) is 2.55. The quantitative estimate of drug-likeness (QED) is 0.547. The van der Waals surface area contributed by atoms with Crippen molar-refractivity contribution < 1.29 is 13.2 Å². The Morgan fingerprint density at radius 3 is 2.30 bits per heavy atom. The van der Waals surface area contributed by atoms with E-state index in [2.05, 4.69) is 4.98 Å². The molecule has 1 aromatic heterocycles. The highest BCUT2D eigenvalue weighted by atomic mass is 19.4. The van der Waals surface area contributed by atoms with Gasteiger partial charge in [0.05, 0.1) is 12.5 Å². The molecule has 0 N–H and O–H groups in total. The molecule has 0 amide bonds. The molecule has 56 valence electrons. The first-order chi connectivity index (χ1) is 4.52. The van der Waals surface area contributed by atoms with Crippen molar-refractivity contribution in [2.45, 2.75) is 6.18 Å². The van der Waals surface area contributed by atoms with Crippen LogP contribution in [-0.4, -0.2) is 9.55 Å². The van der Waals surface area contributed by atoms with Gasteiger partial charge in [-0.3, -0.25) is 0 Å². The maximum atomic E-state index is 11.8. The van der Waals surface area contributed by atoms with Crippen LogP contribution in [0.15, 0.2) is 12.5 Å². The highest BCUT2D eigenvalue weighted by Gasteiger charge is 2.33. The molecule has 0 atom stereocenters. The van der Waals surface area contributed by atoms with Crippen molar-refractivity contribution in [1.29, 1.82) is 0 Å². The first-order valence-corrected chi connectivity index (χ1v) is 2.55. The Kier molecular flexibility index (Phi) is 1.42. The van der Waals surface area contributed by atoms with Crippen LogP contribution in [0.25, 0.3) is 0 Å². The number of hydrogen-bond donors (Lipinski definition) is 0. The maximum Gasteiger partial charge on any atom is 0.432 e. The lowest BCUT2D eigenvalue weighted by atomic mass is 10.5. The number of alkyl halides is 3. The predicted octanol–water partition coefficient (Wildman–Crippen LogP) is 1.44. The van der Waals surface area contributed by atoms with Crippen molar-refractivity contribution >= 4 is 0 Å². The van der Waals surface area contributed by atoms with E-state index in [0.29, 0.717) is 0 Å². The molecule has 0 radical (unpaired) electrons. The third kappa shape index (κ3) is 1.12. The lowest BCUT2D eigenvalue weighted by molar-refractivity contribution is -0.143. The van der Waals surface area contributed by atoms with E-state index in [0.717, 1.165) is 17.1 Å². The molecule has 1 rings (SSSR count). The van der Waals surface area contributed by atoms with Crippen molar-refractivity contribution in [3.8, 4) is 0 Å². The molecule has 0 aliphatic heterocycles. The fourth-order valence-electron chi connectivity index (χ4n) is 0.630. The Bertz CT molecular complexity index is 225. The van der Waals surface area contributed by atoms with Crippen LogP contribution >= 0.6 is 0 Å². The fraction of sp³-hybridized carbons (Fsp3) is 0.400. The minimum atomic E-state index is -4.29. The summed E-state index contributed by atoms with van der Waals surface area (Å²) in [5, 5.41) is 0. The zero-order valence-corrected chi connectivity index (χ0v) is 5.18. The lowest BCUT2D eigenvalue weighted by Crippen LogP contribution is -2.09. The van der Waals surface area contributed by atoms with Gasteiger partial charge in [-0.1, -0.05) is 0 Å². The van der Waals surface area contributed by atoms with E-state index in [-0.39, 0.29) is 0 Å². The number of aromatic nitrogens is 2. The number of nitrogens with zero attached hydrogens (tertiary/aromatic N) is 2. The number of rotatable bonds is 0. The Morgan fingerprint density at radius 2 is 2.10 bits per heavy atom. The molecule has 2 nitrogen and oxygen atoms in total. The van der Waals surface area contributed by atoms with Crippen molar-refractivity contribution in [3.63, 3.8) is 0 Å². The first kappa shape index (κ1) is 7.11. The average molecular weight is 150 g/mol. The number of hydrogen-bond acceptors (Lipinski definition) is 1. The van der Waals surface area contributed by atoms with Crippen LogP contribution in [0.5, 0.6) is 0 Å². The standard InChI is InChI=1S/C5H5F3N2/c1-10-3-9-2-4(10)5(6,7)8/h2-3H,1H3. The SMILES string of the molecule is Cn1cncc1C(F)(F)F. The highest BCUT2D eigenvalue weighted by molar-refractivity contribution is 5.01. The van der Waals surface area contributed by atoms with Gasteiger partial charge < -0.3 is 4.57 Å². The fourth-order valence-corrected chi connectivity index (χ4v) is 0.630. The predicted molar refractivity (Wildman–Crippen MR) is 28.2 cm³/mol. The van der Waals surface area contributed by atoms with Gasteiger partial charge in [0.15, 0.2) is 0 Å². The lowest BCUT2D eigenvalue weighted by Gasteiger charge is -2.04. The monoisotopic (exact) mass is 150 g/mol. The maximum absolute atomic E-state index is 11.8. The molecule has 0 aromatic carbocycles. The largest absolute Gasteiger partial charge is 0.432 e. The Labute approximate surface area is 55.3 Å². The van der Waals surface area contributed by atoms with Gasteiger partial charge in [0.2, 0.25) is 0 Å². The van der Waals surface area contributed by atoms with E-state index < -0.39 is 11.9 Å². The summed E-state index contributed by atoms with van der Waals surface area (Å²) in [4.78, 5) is 3.33. The second-order valence-corrected chi connectivity index (χ2v) is 1.89. The van der Waals surface area contributed by atoms with Gasteiger partial charge in [-0.2, -0.15) is 13.2 Å². The van der Waals surface area contributed by atoms with Crippen LogP contribution in [0, 0.1) is 0 Å². The average Bonchev–Trinajstić information content (AvgIpc) is 2.11. The van der Waals surface area contributed by atoms with Crippen LogP contribution in [0.4, 0.5) is 13.2 Å². The number of imidazole rings is 1. The van der Waals surface area contributed by atoms with Crippen LogP contribution in [-0.2, 0) is 13.2 Å². The minimum Gasteiger partial charge on any atom is -0.330 e. The van der Waals surface area contributed by atoms with Gasteiger partial charge >= 0.3 is 6.18 Å². The van der Waals surface area contributed by atoms with E-state index in [1.807, 2.05) is 0 Å². The van der Waals surface area contributed by atoms with Crippen molar-refractivity contribution in [1.82, 2.24) is 9.55 Å². The Hall–Kier alpha value is -1.00. The van der Waals surface area contributed by atoms with Gasteiger partial charge in [-0.15, -0.1) is 0 Å². The van der Waals surface area contributed by atoms with Crippen molar-refractivity contribution in [3.05, 3.63) is 18.2 Å². The molecule has 10 heavy (non-hydrogen) atoms. The molecular weight excluding hydrogens is 145 g/mol. The van der Waals surface area contributed by atoms with E-state index in [1.165, 1.54) is 7.05 Å². The number of halogens is 3. The smallest absolute Gasteiger partial charge is 0.330 e. The van der Waals surface area contributed by atoms with E-state index >= 15 is 0 Å². The molecule has 5 heteroatoms. The van der Waals surface area contributed by atoms with Crippen molar-refractivity contribution in [2.75, 3.05) is 0 Å². The summed E-state index contributed by atoms with van der Waals surface area (Å²) in [5.74, 6) is 0. The molecule has 0 fully saturated rings. The summed E-state index contributed by atoms with van der Waals surface area (Å²) >= 11 is 0. The van der Waals surface area contributed by atoms with Crippen LogP contribution in [0.3, 0.4) is 0 Å². The zero-order chi connectivity index (χ0) is 7.78. The summed E-state index contributed by atoms with van der Waals surface area (Å²) in [6.07, 6.45) is -2.38. The van der Waals surface area contributed by atoms with Gasteiger partial charge in [0, 0.05) is 7.05 Å². The molecule has 0 aliphatic carbocycles.